The summed E-state index contributed by atoms with van der Waals surface area (Å²) < 4.78 is 50.4. The van der Waals surface area contributed by atoms with Gasteiger partial charge >= 0.3 is 5.97 Å². The molecule has 0 radical (unpaired) electrons. The van der Waals surface area contributed by atoms with E-state index >= 15 is 0 Å². The zero-order valence-corrected chi connectivity index (χ0v) is 11.4. The Bertz CT molecular complexity index is 651. The lowest BCUT2D eigenvalue weighted by atomic mass is 10.0. The molecule has 2 N–H and O–H groups in total. The minimum absolute atomic E-state index is 0.0487. The van der Waals surface area contributed by atoms with Gasteiger partial charge in [0.25, 0.3) is 0 Å². The van der Waals surface area contributed by atoms with Gasteiger partial charge in [-0.25, -0.2) is 22.0 Å². The first-order valence-corrected chi connectivity index (χ1v) is 7.65. The molecule has 110 valence electrons. The highest BCUT2D eigenvalue weighted by Gasteiger charge is 2.39. The summed E-state index contributed by atoms with van der Waals surface area (Å²) in [6.45, 7) is 1.56. The zero-order valence-electron chi connectivity index (χ0n) is 10.6. The maximum atomic E-state index is 13.8. The van der Waals surface area contributed by atoms with Crippen LogP contribution in [0.1, 0.15) is 23.7 Å². The summed E-state index contributed by atoms with van der Waals surface area (Å²) in [5.74, 6) is -3.84. The lowest BCUT2D eigenvalue weighted by Gasteiger charge is -2.26. The van der Waals surface area contributed by atoms with Crippen molar-refractivity contribution in [2.24, 2.45) is 0 Å². The van der Waals surface area contributed by atoms with E-state index in [1.54, 1.807) is 6.92 Å². The van der Waals surface area contributed by atoms with Gasteiger partial charge in [0.1, 0.15) is 17.3 Å². The van der Waals surface area contributed by atoms with Crippen molar-refractivity contribution in [2.45, 2.75) is 18.9 Å². The number of carboxylic acid groups (broad SMARTS) is 1. The van der Waals surface area contributed by atoms with Crippen molar-refractivity contribution in [3.8, 4) is 0 Å². The molecule has 1 aromatic carbocycles. The Balaban J connectivity index is 2.33. The molecular formula is C12H13F2NO4S. The predicted molar refractivity (Wildman–Crippen MR) is 68.6 cm³/mol. The first-order chi connectivity index (χ1) is 9.12. The van der Waals surface area contributed by atoms with Gasteiger partial charge < -0.3 is 10.4 Å². The maximum Gasteiger partial charge on any atom is 0.335 e. The molecule has 1 aliphatic rings. The van der Waals surface area contributed by atoms with Gasteiger partial charge in [-0.3, -0.25) is 0 Å². The topological polar surface area (TPSA) is 83.5 Å². The number of carboxylic acids is 1. The van der Waals surface area contributed by atoms with Gasteiger partial charge in [-0.1, -0.05) is 0 Å². The molecule has 20 heavy (non-hydrogen) atoms. The SMILES string of the molecule is CC1(Nc2c(F)cc(C(=O)O)cc2F)CCS(=O)(=O)C1. The molecule has 2 rings (SSSR count). The Morgan fingerprint density at radius 1 is 1.35 bits per heavy atom. The standard InChI is InChI=1S/C12H13F2NO4S/c1-12(2-3-20(18,19)6-12)15-10-8(13)4-7(11(16)17)5-9(10)14/h4-5,15H,2-3,6H2,1H3,(H,16,17). The minimum atomic E-state index is -3.22. The number of aromatic carboxylic acids is 1. The van der Waals surface area contributed by atoms with Crippen LogP contribution in [-0.4, -0.2) is 36.5 Å². The smallest absolute Gasteiger partial charge is 0.335 e. The minimum Gasteiger partial charge on any atom is -0.478 e. The second-order valence-electron chi connectivity index (χ2n) is 5.15. The average Bonchev–Trinajstić information content (AvgIpc) is 2.58. The van der Waals surface area contributed by atoms with E-state index in [0.717, 1.165) is 0 Å². The number of hydrogen-bond donors (Lipinski definition) is 2. The van der Waals surface area contributed by atoms with E-state index in [2.05, 4.69) is 5.32 Å². The third-order valence-electron chi connectivity index (χ3n) is 3.22. The van der Waals surface area contributed by atoms with E-state index in [4.69, 9.17) is 5.11 Å². The van der Waals surface area contributed by atoms with Crippen molar-refractivity contribution in [3.63, 3.8) is 0 Å². The lowest BCUT2D eigenvalue weighted by Crippen LogP contribution is -2.36. The summed E-state index contributed by atoms with van der Waals surface area (Å²) in [7, 11) is -3.22. The Kier molecular flexibility index (Phi) is 3.45. The van der Waals surface area contributed by atoms with Crippen LogP contribution in [0.15, 0.2) is 12.1 Å². The highest BCUT2D eigenvalue weighted by molar-refractivity contribution is 7.91. The van der Waals surface area contributed by atoms with Crippen molar-refractivity contribution in [1.82, 2.24) is 0 Å². The van der Waals surface area contributed by atoms with Crippen LogP contribution < -0.4 is 5.32 Å². The summed E-state index contributed by atoms with van der Waals surface area (Å²) in [6, 6.07) is 1.39. The molecule has 0 saturated carbocycles. The number of anilines is 1. The van der Waals surface area contributed by atoms with Gasteiger partial charge in [0.15, 0.2) is 9.84 Å². The zero-order chi connectivity index (χ0) is 15.1. The largest absolute Gasteiger partial charge is 0.478 e. The van der Waals surface area contributed by atoms with Crippen molar-refractivity contribution in [2.75, 3.05) is 16.8 Å². The van der Waals surface area contributed by atoms with Gasteiger partial charge in [0, 0.05) is 5.54 Å². The Morgan fingerprint density at radius 2 is 1.90 bits per heavy atom. The van der Waals surface area contributed by atoms with Gasteiger partial charge in [-0.2, -0.15) is 0 Å². The molecular weight excluding hydrogens is 292 g/mol. The van der Waals surface area contributed by atoms with Crippen molar-refractivity contribution < 1.29 is 27.1 Å². The molecule has 0 aliphatic carbocycles. The molecule has 0 bridgehead atoms. The molecule has 8 heteroatoms. The molecule has 1 aromatic rings. The second kappa shape index (κ2) is 4.69. The lowest BCUT2D eigenvalue weighted by molar-refractivity contribution is 0.0696. The van der Waals surface area contributed by atoms with Crippen LogP contribution >= 0.6 is 0 Å². The Hall–Kier alpha value is -1.70. The molecule has 1 heterocycles. The fraction of sp³-hybridized carbons (Fsp3) is 0.417. The van der Waals surface area contributed by atoms with E-state index in [9.17, 15) is 22.0 Å². The van der Waals surface area contributed by atoms with E-state index in [1.165, 1.54) is 0 Å². The van der Waals surface area contributed by atoms with Crippen molar-refractivity contribution >= 4 is 21.5 Å². The normalized spacial score (nSPS) is 24.6. The van der Waals surface area contributed by atoms with Crippen molar-refractivity contribution in [3.05, 3.63) is 29.3 Å². The molecule has 0 amide bonds. The Morgan fingerprint density at radius 3 is 2.30 bits per heavy atom. The van der Waals surface area contributed by atoms with Crippen LogP contribution in [-0.2, 0) is 9.84 Å². The summed E-state index contributed by atoms with van der Waals surface area (Å²) in [4.78, 5) is 10.7. The molecule has 1 aliphatic heterocycles. The first kappa shape index (κ1) is 14.7. The van der Waals surface area contributed by atoms with Crippen LogP contribution in [0, 0.1) is 11.6 Å². The summed E-state index contributed by atoms with van der Waals surface area (Å²) >= 11 is 0. The van der Waals surface area contributed by atoms with Gasteiger partial charge in [0.05, 0.1) is 17.1 Å². The fourth-order valence-electron chi connectivity index (χ4n) is 2.23. The van der Waals surface area contributed by atoms with Crippen LogP contribution in [0.25, 0.3) is 0 Å². The molecule has 1 atom stereocenters. The third-order valence-corrected chi connectivity index (χ3v) is 5.12. The summed E-state index contributed by atoms with van der Waals surface area (Å²) in [6.07, 6.45) is 0.231. The molecule has 5 nitrogen and oxygen atoms in total. The number of halogens is 2. The highest BCUT2D eigenvalue weighted by Crippen LogP contribution is 2.30. The second-order valence-corrected chi connectivity index (χ2v) is 7.33. The quantitative estimate of drug-likeness (QED) is 0.887. The maximum absolute atomic E-state index is 13.8. The number of sulfone groups is 1. The summed E-state index contributed by atoms with van der Waals surface area (Å²) in [5, 5.41) is 11.2. The molecule has 1 fully saturated rings. The number of nitrogens with one attached hydrogen (secondary N) is 1. The van der Waals surface area contributed by atoms with E-state index in [0.29, 0.717) is 12.1 Å². The van der Waals surface area contributed by atoms with E-state index in [1.807, 2.05) is 0 Å². The van der Waals surface area contributed by atoms with Crippen LogP contribution in [0.4, 0.5) is 14.5 Å². The van der Waals surface area contributed by atoms with Gasteiger partial charge in [-0.05, 0) is 25.5 Å². The number of rotatable bonds is 3. The molecule has 0 aromatic heterocycles. The van der Waals surface area contributed by atoms with Gasteiger partial charge in [0.2, 0.25) is 0 Å². The predicted octanol–water partition coefficient (Wildman–Crippen LogP) is 1.65. The van der Waals surface area contributed by atoms with Gasteiger partial charge in [-0.15, -0.1) is 0 Å². The van der Waals surface area contributed by atoms with E-state index < -0.39 is 44.2 Å². The summed E-state index contributed by atoms with van der Waals surface area (Å²) in [5.41, 5.74) is -1.98. The number of carbonyl (C=O) groups is 1. The fourth-order valence-corrected chi connectivity index (χ4v) is 4.32. The number of benzene rings is 1. The van der Waals surface area contributed by atoms with Crippen LogP contribution in [0.5, 0.6) is 0 Å². The van der Waals surface area contributed by atoms with Crippen molar-refractivity contribution in [1.29, 1.82) is 0 Å². The first-order valence-electron chi connectivity index (χ1n) is 5.83. The third kappa shape index (κ3) is 2.90. The molecule has 1 unspecified atom stereocenters. The average molecular weight is 305 g/mol. The Labute approximate surface area is 114 Å². The van der Waals surface area contributed by atoms with Crippen LogP contribution in [0.3, 0.4) is 0 Å². The van der Waals surface area contributed by atoms with E-state index in [-0.39, 0.29) is 17.9 Å². The molecule has 0 spiro atoms. The number of hydrogen-bond acceptors (Lipinski definition) is 4. The van der Waals surface area contributed by atoms with Crippen LogP contribution in [0.2, 0.25) is 0 Å². The highest BCUT2D eigenvalue weighted by atomic mass is 32.2. The molecule has 1 saturated heterocycles. The monoisotopic (exact) mass is 305 g/mol.